The first-order valence-electron chi connectivity index (χ1n) is 11.2. The maximum atomic E-state index is 13.3. The van der Waals surface area contributed by atoms with Crippen LogP contribution < -0.4 is 9.62 Å². The van der Waals surface area contributed by atoms with E-state index in [2.05, 4.69) is 24.8 Å². The summed E-state index contributed by atoms with van der Waals surface area (Å²) >= 11 is 0.758. The van der Waals surface area contributed by atoms with Crippen LogP contribution in [-0.2, 0) is 14.8 Å². The van der Waals surface area contributed by atoms with Gasteiger partial charge in [-0.2, -0.15) is 0 Å². The predicted molar refractivity (Wildman–Crippen MR) is 122 cm³/mol. The van der Waals surface area contributed by atoms with Gasteiger partial charge in [0, 0.05) is 24.0 Å². The van der Waals surface area contributed by atoms with Crippen molar-refractivity contribution in [3.63, 3.8) is 0 Å². The molecule has 0 atom stereocenters. The third kappa shape index (κ3) is 3.78. The zero-order valence-corrected chi connectivity index (χ0v) is 20.1. The topological polar surface area (TPSA) is 102 Å². The number of piperidine rings is 1. The number of alkyl halides is 2. The van der Waals surface area contributed by atoms with Crippen LogP contribution in [0.1, 0.15) is 44.0 Å². The molecule has 3 aromatic heterocycles. The molecule has 0 radical (unpaired) electrons. The number of aromatic nitrogens is 4. The number of halogens is 2. The molecule has 0 unspecified atom stereocenters. The normalized spacial score (nSPS) is 21.4. The second-order valence-electron chi connectivity index (χ2n) is 9.79. The molecule has 34 heavy (non-hydrogen) atoms. The van der Waals surface area contributed by atoms with Crippen molar-refractivity contribution in [2.75, 3.05) is 31.2 Å². The van der Waals surface area contributed by atoms with Crippen molar-refractivity contribution in [3.8, 4) is 10.7 Å². The summed E-state index contributed by atoms with van der Waals surface area (Å²) in [4.78, 5) is 6.70. The van der Waals surface area contributed by atoms with E-state index in [0.717, 1.165) is 63.3 Å². The van der Waals surface area contributed by atoms with E-state index in [1.54, 1.807) is 12.4 Å². The fourth-order valence-electron chi connectivity index (χ4n) is 4.60. The van der Waals surface area contributed by atoms with E-state index < -0.39 is 27.0 Å². The molecule has 0 bridgehead atoms. The molecule has 2 saturated heterocycles. The van der Waals surface area contributed by atoms with Gasteiger partial charge in [0.25, 0.3) is 6.43 Å². The van der Waals surface area contributed by atoms with Gasteiger partial charge in [-0.3, -0.25) is 4.40 Å². The van der Waals surface area contributed by atoms with Crippen molar-refractivity contribution in [1.29, 1.82) is 0 Å². The highest BCUT2D eigenvalue weighted by molar-refractivity contribution is 7.89. The second kappa shape index (κ2) is 7.64. The highest BCUT2D eigenvalue weighted by atomic mass is 32.2. The number of nitrogens with one attached hydrogen (secondary N) is 1. The average Bonchev–Trinajstić information content (AvgIpc) is 3.18. The van der Waals surface area contributed by atoms with E-state index in [0.29, 0.717) is 17.0 Å². The molecule has 0 aromatic carbocycles. The van der Waals surface area contributed by atoms with Crippen molar-refractivity contribution in [2.45, 2.75) is 49.5 Å². The summed E-state index contributed by atoms with van der Waals surface area (Å²) in [5.74, 6) is 0.700. The molecule has 1 spiro atoms. The van der Waals surface area contributed by atoms with Crippen molar-refractivity contribution >= 4 is 32.7 Å². The first-order valence-corrected chi connectivity index (χ1v) is 13.5. The van der Waals surface area contributed by atoms with Crippen molar-refractivity contribution < 1.29 is 21.9 Å². The van der Waals surface area contributed by atoms with Gasteiger partial charge >= 0.3 is 0 Å². The fraction of sp³-hybridized carbons (Fsp3) is 0.571. The van der Waals surface area contributed by atoms with Crippen LogP contribution in [0.3, 0.4) is 0 Å². The minimum Gasteiger partial charge on any atom is -0.380 e. The lowest BCUT2D eigenvalue weighted by atomic mass is 9.77. The second-order valence-corrected chi connectivity index (χ2v) is 12.5. The molecule has 1 aliphatic carbocycles. The Hall–Kier alpha value is -2.22. The third-order valence-corrected chi connectivity index (χ3v) is 9.64. The van der Waals surface area contributed by atoms with Gasteiger partial charge in [-0.15, -0.1) is 10.2 Å². The van der Waals surface area contributed by atoms with Crippen LogP contribution in [0.15, 0.2) is 23.4 Å². The van der Waals surface area contributed by atoms with Crippen LogP contribution in [0.4, 0.5) is 14.6 Å². The SMILES string of the molecule is CC1(NS(=O)(=O)c2cc(N3CCC4(CC3)COC4)n3cnc(-c4nnc(C(F)F)s4)c3c2)CC1. The quantitative estimate of drug-likeness (QED) is 0.543. The molecule has 1 N–H and O–H groups in total. The van der Waals surface area contributed by atoms with E-state index in [9.17, 15) is 17.2 Å². The molecule has 3 aliphatic rings. The molecule has 3 aromatic rings. The molecule has 1 saturated carbocycles. The summed E-state index contributed by atoms with van der Waals surface area (Å²) in [6, 6.07) is 3.21. The first-order chi connectivity index (χ1) is 16.2. The summed E-state index contributed by atoms with van der Waals surface area (Å²) in [7, 11) is -3.80. The lowest BCUT2D eigenvalue weighted by Crippen LogP contribution is -2.51. The number of fused-ring (bicyclic) bond motifs is 1. The molecule has 13 heteroatoms. The summed E-state index contributed by atoms with van der Waals surface area (Å²) in [6.07, 6.45) is 2.35. The lowest BCUT2D eigenvalue weighted by Gasteiger charge is -2.47. The Morgan fingerprint density at radius 1 is 1.15 bits per heavy atom. The number of ether oxygens (including phenoxy) is 1. The highest BCUT2D eigenvalue weighted by Gasteiger charge is 2.43. The van der Waals surface area contributed by atoms with Crippen LogP contribution in [-0.4, -0.2) is 59.8 Å². The summed E-state index contributed by atoms with van der Waals surface area (Å²) < 4.78 is 62.8. The van der Waals surface area contributed by atoms with Gasteiger partial charge in [-0.05, 0) is 44.7 Å². The maximum Gasteiger partial charge on any atom is 0.291 e. The van der Waals surface area contributed by atoms with E-state index in [-0.39, 0.29) is 15.3 Å². The number of hydrogen-bond donors (Lipinski definition) is 1. The van der Waals surface area contributed by atoms with Gasteiger partial charge in [0.2, 0.25) is 10.0 Å². The molecular weight excluding hydrogens is 486 g/mol. The Kier molecular flexibility index (Phi) is 5.00. The fourth-order valence-corrected chi connectivity index (χ4v) is 6.80. The van der Waals surface area contributed by atoms with Crippen molar-refractivity contribution in [1.82, 2.24) is 24.3 Å². The van der Waals surface area contributed by atoms with Gasteiger partial charge < -0.3 is 9.64 Å². The zero-order chi connectivity index (χ0) is 23.7. The van der Waals surface area contributed by atoms with E-state index >= 15 is 0 Å². The van der Waals surface area contributed by atoms with Crippen LogP contribution in [0.2, 0.25) is 0 Å². The molecule has 3 fully saturated rings. The molecule has 0 amide bonds. The Labute approximate surface area is 199 Å². The maximum absolute atomic E-state index is 13.3. The van der Waals surface area contributed by atoms with Gasteiger partial charge in [-0.25, -0.2) is 26.9 Å². The number of nitrogens with zero attached hydrogens (tertiary/aromatic N) is 5. The number of anilines is 1. The van der Waals surface area contributed by atoms with E-state index in [1.807, 2.05) is 11.3 Å². The Bertz CT molecular complexity index is 1350. The standard InChI is InChI=1S/C21H24F2N6O3S2/c1-20(2-3-20)27-34(30,31)13-8-14-16(18-25-26-19(33-18)17(22)23)24-12-29(14)15(9-13)28-6-4-21(5-7-28)10-32-11-21/h8-9,12,17,27H,2-7,10-11H2,1H3. The number of rotatable bonds is 6. The van der Waals surface area contributed by atoms with Crippen LogP contribution in [0.25, 0.3) is 16.2 Å². The molecular formula is C21H24F2N6O3S2. The molecule has 182 valence electrons. The van der Waals surface area contributed by atoms with Crippen molar-refractivity contribution in [3.05, 3.63) is 23.5 Å². The van der Waals surface area contributed by atoms with Crippen LogP contribution in [0.5, 0.6) is 0 Å². The molecule has 6 rings (SSSR count). The van der Waals surface area contributed by atoms with Gasteiger partial charge in [0.05, 0.1) is 23.6 Å². The van der Waals surface area contributed by atoms with Crippen LogP contribution in [0, 0.1) is 5.41 Å². The Balaban J connectivity index is 1.45. The average molecular weight is 511 g/mol. The van der Waals surface area contributed by atoms with Crippen LogP contribution >= 0.6 is 11.3 Å². The number of pyridine rings is 1. The summed E-state index contributed by atoms with van der Waals surface area (Å²) in [6.45, 7) is 4.94. The lowest BCUT2D eigenvalue weighted by molar-refractivity contribution is -0.124. The zero-order valence-electron chi connectivity index (χ0n) is 18.5. The highest BCUT2D eigenvalue weighted by Crippen LogP contribution is 2.41. The van der Waals surface area contributed by atoms with Gasteiger partial charge in [0.15, 0.2) is 10.0 Å². The number of sulfonamides is 1. The van der Waals surface area contributed by atoms with Crippen molar-refractivity contribution in [2.24, 2.45) is 5.41 Å². The minimum absolute atomic E-state index is 0.121. The first kappa shape index (κ1) is 22.3. The summed E-state index contributed by atoms with van der Waals surface area (Å²) in [5, 5.41) is 7.29. The molecule has 9 nitrogen and oxygen atoms in total. The number of imidazole rings is 1. The number of hydrogen-bond acceptors (Lipinski definition) is 8. The predicted octanol–water partition coefficient (Wildman–Crippen LogP) is 3.24. The largest absolute Gasteiger partial charge is 0.380 e. The van der Waals surface area contributed by atoms with E-state index in [4.69, 9.17) is 4.74 Å². The monoisotopic (exact) mass is 510 g/mol. The Morgan fingerprint density at radius 2 is 1.88 bits per heavy atom. The Morgan fingerprint density at radius 3 is 2.47 bits per heavy atom. The summed E-state index contributed by atoms with van der Waals surface area (Å²) in [5.41, 5.74) is 0.616. The van der Waals surface area contributed by atoms with E-state index in [1.165, 1.54) is 6.07 Å². The minimum atomic E-state index is -3.80. The molecule has 5 heterocycles. The smallest absolute Gasteiger partial charge is 0.291 e. The van der Waals surface area contributed by atoms with Gasteiger partial charge in [0.1, 0.15) is 17.8 Å². The molecule has 2 aliphatic heterocycles. The third-order valence-electron chi connectivity index (χ3n) is 7.09. The van der Waals surface area contributed by atoms with Gasteiger partial charge in [-0.1, -0.05) is 11.3 Å².